The first-order valence-corrected chi connectivity index (χ1v) is 13.4. The van der Waals surface area contributed by atoms with Crippen LogP contribution >= 0.6 is 35.3 Å². The Balaban J connectivity index is 1.59. The molecular weight excluding hydrogens is 486 g/mol. The standard InChI is InChI=1S/C25H23N3O3S3/c1-3-15-6-7-20-18(11-15)24(21(29)26-20)25(19(13-27(24)2)16-8-10-33-14-16)22(30)28(23(32)34-25)12-17-5-4-9-31-17/h4-11,14,19H,3,12-13H2,1-2H3,(H,26,29). The summed E-state index contributed by atoms with van der Waals surface area (Å²) in [5.74, 6) is 0.150. The molecule has 174 valence electrons. The molecule has 6 rings (SSSR count). The number of nitrogens with zero attached hydrogens (tertiary/aromatic N) is 2. The van der Waals surface area contributed by atoms with Gasteiger partial charge in [0.2, 0.25) is 5.91 Å². The maximum atomic E-state index is 14.6. The number of thiocarbonyl (C=S) groups is 1. The monoisotopic (exact) mass is 509 g/mol. The number of fused-ring (bicyclic) bond motifs is 3. The van der Waals surface area contributed by atoms with Crippen LogP contribution in [0.25, 0.3) is 0 Å². The molecule has 34 heavy (non-hydrogen) atoms. The first-order chi connectivity index (χ1) is 16.4. The predicted octanol–water partition coefficient (Wildman–Crippen LogP) is 4.58. The molecule has 3 aliphatic rings. The summed E-state index contributed by atoms with van der Waals surface area (Å²) in [6, 6.07) is 11.8. The molecule has 0 bridgehead atoms. The highest BCUT2D eigenvalue weighted by atomic mass is 32.2. The Hall–Kier alpha value is -2.46. The maximum Gasteiger partial charge on any atom is 0.251 e. The third-order valence-corrected chi connectivity index (χ3v) is 10.0. The van der Waals surface area contributed by atoms with E-state index in [2.05, 4.69) is 34.7 Å². The molecule has 1 aromatic carbocycles. The fraction of sp³-hybridized carbons (Fsp3) is 0.320. The predicted molar refractivity (Wildman–Crippen MR) is 138 cm³/mol. The number of aryl methyl sites for hydroxylation is 1. The van der Waals surface area contributed by atoms with E-state index in [0.717, 1.165) is 28.8 Å². The molecule has 2 amide bonds. The quantitative estimate of drug-likeness (QED) is 0.520. The summed E-state index contributed by atoms with van der Waals surface area (Å²) in [6.07, 6.45) is 2.43. The fourth-order valence-corrected chi connectivity index (χ4v) is 8.70. The van der Waals surface area contributed by atoms with Gasteiger partial charge < -0.3 is 9.73 Å². The van der Waals surface area contributed by atoms with Crippen molar-refractivity contribution in [2.75, 3.05) is 18.9 Å². The number of nitrogens with one attached hydrogen (secondary N) is 1. The molecule has 3 aliphatic heterocycles. The van der Waals surface area contributed by atoms with Crippen molar-refractivity contribution in [2.45, 2.75) is 36.1 Å². The Morgan fingerprint density at radius 1 is 1.26 bits per heavy atom. The van der Waals surface area contributed by atoms with Crippen LogP contribution in [0.15, 0.2) is 57.8 Å². The second kappa shape index (κ2) is 7.78. The van der Waals surface area contributed by atoms with E-state index in [-0.39, 0.29) is 24.3 Å². The first-order valence-electron chi connectivity index (χ1n) is 11.2. The average Bonchev–Trinajstić information content (AvgIpc) is 3.63. The van der Waals surface area contributed by atoms with E-state index in [1.54, 1.807) is 28.6 Å². The van der Waals surface area contributed by atoms with Crippen molar-refractivity contribution >= 4 is 57.1 Å². The summed E-state index contributed by atoms with van der Waals surface area (Å²) < 4.78 is 4.88. The molecule has 6 nitrogen and oxygen atoms in total. The van der Waals surface area contributed by atoms with Crippen LogP contribution in [0, 0.1) is 0 Å². The Bertz CT molecular complexity index is 1310. The van der Waals surface area contributed by atoms with Gasteiger partial charge in [-0.15, -0.1) is 0 Å². The van der Waals surface area contributed by atoms with Crippen LogP contribution in [0.4, 0.5) is 5.69 Å². The Labute approximate surface area is 211 Å². The first kappa shape index (κ1) is 22.0. The highest BCUT2D eigenvalue weighted by Crippen LogP contribution is 2.66. The molecule has 0 radical (unpaired) electrons. The van der Waals surface area contributed by atoms with Gasteiger partial charge in [-0.05, 0) is 59.6 Å². The molecule has 0 saturated carbocycles. The summed E-state index contributed by atoms with van der Waals surface area (Å²) in [7, 11) is 1.95. The smallest absolute Gasteiger partial charge is 0.251 e. The molecule has 9 heteroatoms. The summed E-state index contributed by atoms with van der Waals surface area (Å²) in [5, 5.41) is 7.21. The molecule has 3 atom stereocenters. The minimum Gasteiger partial charge on any atom is -0.467 e. The van der Waals surface area contributed by atoms with Crippen LogP contribution in [-0.2, 0) is 28.1 Å². The van der Waals surface area contributed by atoms with Gasteiger partial charge in [0.25, 0.3) is 5.91 Å². The van der Waals surface area contributed by atoms with E-state index in [0.29, 0.717) is 16.6 Å². The number of likely N-dealkylation sites (tertiary alicyclic amines) is 1. The zero-order valence-electron chi connectivity index (χ0n) is 18.7. The molecule has 2 aromatic heterocycles. The topological polar surface area (TPSA) is 65.8 Å². The Morgan fingerprint density at radius 3 is 2.82 bits per heavy atom. The second-order valence-corrected chi connectivity index (χ2v) is 11.6. The van der Waals surface area contributed by atoms with Crippen molar-refractivity contribution in [1.29, 1.82) is 0 Å². The number of carbonyl (C=O) groups excluding carboxylic acids is 2. The number of anilines is 1. The minimum absolute atomic E-state index is 0.135. The number of furan rings is 1. The van der Waals surface area contributed by atoms with Gasteiger partial charge in [0.05, 0.1) is 12.8 Å². The zero-order chi connectivity index (χ0) is 23.7. The lowest BCUT2D eigenvalue weighted by Crippen LogP contribution is -2.61. The van der Waals surface area contributed by atoms with Crippen LogP contribution in [-0.4, -0.2) is 44.3 Å². The van der Waals surface area contributed by atoms with Gasteiger partial charge in [0, 0.05) is 23.7 Å². The number of thiophene rings is 1. The number of hydrogen-bond acceptors (Lipinski definition) is 7. The van der Waals surface area contributed by atoms with Gasteiger partial charge in [-0.1, -0.05) is 43.0 Å². The lowest BCUT2D eigenvalue weighted by atomic mass is 9.72. The number of carbonyl (C=O) groups is 2. The van der Waals surface area contributed by atoms with Crippen molar-refractivity contribution in [3.63, 3.8) is 0 Å². The van der Waals surface area contributed by atoms with Crippen molar-refractivity contribution < 1.29 is 14.0 Å². The van der Waals surface area contributed by atoms with E-state index in [4.69, 9.17) is 16.6 Å². The highest BCUT2D eigenvalue weighted by Gasteiger charge is 2.77. The average molecular weight is 510 g/mol. The summed E-state index contributed by atoms with van der Waals surface area (Å²) in [6.45, 7) is 2.91. The van der Waals surface area contributed by atoms with Crippen LogP contribution in [0.2, 0.25) is 0 Å². The normalized spacial score (nSPS) is 28.5. The van der Waals surface area contributed by atoms with Crippen LogP contribution in [0.1, 0.15) is 35.3 Å². The SMILES string of the molecule is CCc1ccc2c(c1)C1(C(=O)N2)N(C)CC(c2ccsc2)C12SC(=S)N(Cc1ccco1)C2=O. The van der Waals surface area contributed by atoms with Gasteiger partial charge in [0.1, 0.15) is 14.8 Å². The van der Waals surface area contributed by atoms with Crippen LogP contribution in [0.5, 0.6) is 0 Å². The van der Waals surface area contributed by atoms with Crippen molar-refractivity contribution in [3.8, 4) is 0 Å². The number of rotatable bonds is 4. The Morgan fingerprint density at radius 2 is 2.12 bits per heavy atom. The van der Waals surface area contributed by atoms with Crippen molar-refractivity contribution in [1.82, 2.24) is 9.80 Å². The Kier molecular flexibility index (Phi) is 5.04. The molecule has 2 spiro atoms. The summed E-state index contributed by atoms with van der Waals surface area (Å²) in [4.78, 5) is 32.3. The molecule has 3 aromatic rings. The molecule has 2 saturated heterocycles. The highest BCUT2D eigenvalue weighted by molar-refractivity contribution is 8.25. The maximum absolute atomic E-state index is 14.6. The molecular formula is C25H23N3O3S3. The lowest BCUT2D eigenvalue weighted by Gasteiger charge is -2.41. The molecule has 3 unspecified atom stereocenters. The fourth-order valence-electron chi connectivity index (χ4n) is 5.85. The van der Waals surface area contributed by atoms with Gasteiger partial charge in [-0.3, -0.25) is 19.4 Å². The number of hydrogen-bond donors (Lipinski definition) is 1. The third-order valence-electron chi connectivity index (χ3n) is 7.39. The summed E-state index contributed by atoms with van der Waals surface area (Å²) in [5.41, 5.74) is 2.64. The minimum atomic E-state index is -1.18. The largest absolute Gasteiger partial charge is 0.467 e. The number of amides is 2. The lowest BCUT2D eigenvalue weighted by molar-refractivity contribution is -0.138. The molecule has 1 N–H and O–H groups in total. The van der Waals surface area contributed by atoms with Crippen LogP contribution < -0.4 is 5.32 Å². The number of thioether (sulfide) groups is 1. The van der Waals surface area contributed by atoms with Crippen molar-refractivity contribution in [2.24, 2.45) is 0 Å². The number of benzene rings is 1. The van der Waals surface area contributed by atoms with Crippen molar-refractivity contribution in [3.05, 3.63) is 75.9 Å². The second-order valence-electron chi connectivity index (χ2n) is 8.96. The van der Waals surface area contributed by atoms with Crippen LogP contribution in [0.3, 0.4) is 0 Å². The van der Waals surface area contributed by atoms with E-state index in [1.807, 2.05) is 30.6 Å². The van der Waals surface area contributed by atoms with E-state index in [1.165, 1.54) is 11.8 Å². The van der Waals surface area contributed by atoms with E-state index in [9.17, 15) is 9.59 Å². The number of likely N-dealkylation sites (N-methyl/N-ethyl adjacent to an activating group) is 1. The van der Waals surface area contributed by atoms with Gasteiger partial charge in [0.15, 0.2) is 5.54 Å². The molecule has 2 fully saturated rings. The van der Waals surface area contributed by atoms with Gasteiger partial charge in [-0.2, -0.15) is 11.3 Å². The van der Waals surface area contributed by atoms with Gasteiger partial charge >= 0.3 is 0 Å². The third kappa shape index (κ3) is 2.69. The van der Waals surface area contributed by atoms with E-state index >= 15 is 0 Å². The van der Waals surface area contributed by atoms with E-state index < -0.39 is 10.3 Å². The zero-order valence-corrected chi connectivity index (χ0v) is 21.2. The van der Waals surface area contributed by atoms with Gasteiger partial charge in [-0.25, -0.2) is 0 Å². The summed E-state index contributed by atoms with van der Waals surface area (Å²) >= 11 is 8.77. The molecule has 5 heterocycles. The molecule has 0 aliphatic carbocycles.